The van der Waals surface area contributed by atoms with Gasteiger partial charge in [-0.3, -0.25) is 4.79 Å². The highest BCUT2D eigenvalue weighted by Crippen LogP contribution is 2.28. The first-order valence-electron chi connectivity index (χ1n) is 7.57. The highest BCUT2D eigenvalue weighted by molar-refractivity contribution is 5.97. The molecule has 0 bridgehead atoms. The van der Waals surface area contributed by atoms with Crippen LogP contribution in [0.3, 0.4) is 0 Å². The number of benzene rings is 1. The van der Waals surface area contributed by atoms with Gasteiger partial charge in [0.15, 0.2) is 0 Å². The predicted octanol–water partition coefficient (Wildman–Crippen LogP) is 3.85. The predicted molar refractivity (Wildman–Crippen MR) is 86.0 cm³/mol. The molecule has 4 nitrogen and oxygen atoms in total. The van der Waals surface area contributed by atoms with Gasteiger partial charge in [-0.1, -0.05) is 6.92 Å². The van der Waals surface area contributed by atoms with Crippen LogP contribution in [0.25, 0.3) is 0 Å². The van der Waals surface area contributed by atoms with Crippen molar-refractivity contribution in [2.75, 3.05) is 18.5 Å². The molecule has 1 unspecified atom stereocenters. The molecule has 1 amide bonds. The van der Waals surface area contributed by atoms with Gasteiger partial charge in [0.1, 0.15) is 11.4 Å². The first-order chi connectivity index (χ1) is 9.87. The van der Waals surface area contributed by atoms with E-state index in [1.54, 1.807) is 0 Å². The molecule has 0 aliphatic heterocycles. The number of nitrogens with one attached hydrogen (secondary N) is 1. The highest BCUT2D eigenvalue weighted by Gasteiger charge is 2.31. The Morgan fingerprint density at radius 3 is 2.14 bits per heavy atom. The second-order valence-corrected chi connectivity index (χ2v) is 5.34. The van der Waals surface area contributed by atoms with Crippen molar-refractivity contribution in [1.82, 2.24) is 0 Å². The number of aryl methyl sites for hydroxylation is 2. The lowest BCUT2D eigenvalue weighted by Crippen LogP contribution is -2.42. The van der Waals surface area contributed by atoms with Gasteiger partial charge in [0.25, 0.3) is 5.91 Å². The lowest BCUT2D eigenvalue weighted by Gasteiger charge is -2.27. The van der Waals surface area contributed by atoms with Gasteiger partial charge in [0, 0.05) is 12.3 Å². The second-order valence-electron chi connectivity index (χ2n) is 5.34. The quantitative estimate of drug-likeness (QED) is 0.830. The van der Waals surface area contributed by atoms with Crippen molar-refractivity contribution in [3.63, 3.8) is 0 Å². The summed E-state index contributed by atoms with van der Waals surface area (Å²) in [5, 5.41) is 2.95. The zero-order valence-electron chi connectivity index (χ0n) is 14.0. The molecule has 0 saturated heterocycles. The number of anilines is 1. The van der Waals surface area contributed by atoms with Crippen LogP contribution in [0.2, 0.25) is 0 Å². The molecular weight excluding hydrogens is 266 g/mol. The van der Waals surface area contributed by atoms with Gasteiger partial charge in [-0.25, -0.2) is 0 Å². The Morgan fingerprint density at radius 2 is 1.71 bits per heavy atom. The van der Waals surface area contributed by atoms with Gasteiger partial charge in [-0.15, -0.1) is 0 Å². The van der Waals surface area contributed by atoms with Crippen molar-refractivity contribution < 1.29 is 14.3 Å². The van der Waals surface area contributed by atoms with Crippen LogP contribution in [0.15, 0.2) is 12.1 Å². The maximum atomic E-state index is 12.4. The molecule has 0 fully saturated rings. The Kier molecular flexibility index (Phi) is 6.21. The summed E-state index contributed by atoms with van der Waals surface area (Å²) in [5.74, 6) is 0.772. The second kappa shape index (κ2) is 7.46. The fourth-order valence-electron chi connectivity index (χ4n) is 2.30. The normalized spacial score (nSPS) is 13.6. The summed E-state index contributed by atoms with van der Waals surface area (Å²) in [6, 6.07) is 3.86. The Bertz CT molecular complexity index is 476. The number of carbonyl (C=O) groups excluding carboxylic acids is 1. The number of carbonyl (C=O) groups is 1. The van der Waals surface area contributed by atoms with E-state index in [0.29, 0.717) is 19.6 Å². The summed E-state index contributed by atoms with van der Waals surface area (Å²) in [4.78, 5) is 12.4. The van der Waals surface area contributed by atoms with Crippen molar-refractivity contribution in [3.05, 3.63) is 23.3 Å². The molecule has 1 rings (SSSR count). The fraction of sp³-hybridized carbons (Fsp3) is 0.588. The first kappa shape index (κ1) is 17.5. The maximum Gasteiger partial charge on any atom is 0.256 e. The molecule has 0 aliphatic carbocycles. The Hall–Kier alpha value is -1.55. The summed E-state index contributed by atoms with van der Waals surface area (Å²) in [6.07, 6.45) is 0.627. The molecule has 1 atom stereocenters. The standard InChI is InChI=1S/C17H27NO3/c1-7-17(6,21-9-3)16(19)18-14-10-12(4)15(20-8-2)13(5)11-14/h10-11H,7-9H2,1-6H3,(H,18,19). The molecule has 0 spiro atoms. The molecule has 118 valence electrons. The Labute approximate surface area is 127 Å². The topological polar surface area (TPSA) is 47.6 Å². The summed E-state index contributed by atoms with van der Waals surface area (Å²) in [7, 11) is 0. The lowest BCUT2D eigenvalue weighted by atomic mass is 10.0. The average Bonchev–Trinajstić information content (AvgIpc) is 2.43. The Balaban J connectivity index is 2.96. The van der Waals surface area contributed by atoms with E-state index in [-0.39, 0.29) is 5.91 Å². The van der Waals surface area contributed by atoms with E-state index in [4.69, 9.17) is 9.47 Å². The molecule has 0 aromatic heterocycles. The summed E-state index contributed by atoms with van der Waals surface area (Å²) in [5.41, 5.74) is 2.01. The number of hydrogen-bond acceptors (Lipinski definition) is 3. The first-order valence-corrected chi connectivity index (χ1v) is 7.57. The van der Waals surface area contributed by atoms with Crippen molar-refractivity contribution in [2.45, 2.75) is 53.6 Å². The zero-order chi connectivity index (χ0) is 16.0. The van der Waals surface area contributed by atoms with Crippen LogP contribution in [-0.4, -0.2) is 24.7 Å². The lowest BCUT2D eigenvalue weighted by molar-refractivity contribution is -0.139. The summed E-state index contributed by atoms with van der Waals surface area (Å²) in [6.45, 7) is 12.7. The van der Waals surface area contributed by atoms with Gasteiger partial charge >= 0.3 is 0 Å². The van der Waals surface area contributed by atoms with Gasteiger partial charge in [0.2, 0.25) is 0 Å². The monoisotopic (exact) mass is 293 g/mol. The van der Waals surface area contributed by atoms with Gasteiger partial charge in [-0.2, -0.15) is 0 Å². The molecular formula is C17H27NO3. The van der Waals surface area contributed by atoms with Gasteiger partial charge < -0.3 is 14.8 Å². The van der Waals surface area contributed by atoms with E-state index in [1.165, 1.54) is 0 Å². The minimum absolute atomic E-state index is 0.116. The molecule has 0 heterocycles. The minimum atomic E-state index is -0.796. The van der Waals surface area contributed by atoms with Crippen LogP contribution in [0.5, 0.6) is 5.75 Å². The molecule has 0 saturated carbocycles. The average molecular weight is 293 g/mol. The minimum Gasteiger partial charge on any atom is -0.493 e. The fourth-order valence-corrected chi connectivity index (χ4v) is 2.30. The van der Waals surface area contributed by atoms with Crippen LogP contribution in [0.4, 0.5) is 5.69 Å². The SMILES string of the molecule is CCOc1c(C)cc(NC(=O)C(C)(CC)OCC)cc1C. The van der Waals surface area contributed by atoms with Crippen LogP contribution < -0.4 is 10.1 Å². The van der Waals surface area contributed by atoms with Crippen LogP contribution in [0.1, 0.15) is 45.2 Å². The molecule has 0 aliphatic rings. The van der Waals surface area contributed by atoms with Crippen LogP contribution in [0, 0.1) is 13.8 Å². The molecule has 4 heteroatoms. The smallest absolute Gasteiger partial charge is 0.256 e. The van der Waals surface area contributed by atoms with Gasteiger partial charge in [0.05, 0.1) is 6.61 Å². The van der Waals surface area contributed by atoms with E-state index >= 15 is 0 Å². The molecule has 21 heavy (non-hydrogen) atoms. The van der Waals surface area contributed by atoms with E-state index in [2.05, 4.69) is 5.32 Å². The van der Waals surface area contributed by atoms with E-state index < -0.39 is 5.60 Å². The van der Waals surface area contributed by atoms with E-state index in [0.717, 1.165) is 22.6 Å². The summed E-state index contributed by atoms with van der Waals surface area (Å²) < 4.78 is 11.2. The number of ether oxygens (including phenoxy) is 2. The van der Waals surface area contributed by atoms with Gasteiger partial charge in [-0.05, 0) is 64.3 Å². The molecule has 0 radical (unpaired) electrons. The van der Waals surface area contributed by atoms with E-state index in [9.17, 15) is 4.79 Å². The van der Waals surface area contributed by atoms with Crippen molar-refractivity contribution in [2.24, 2.45) is 0 Å². The third kappa shape index (κ3) is 4.21. The molecule has 1 aromatic rings. The number of amides is 1. The maximum absolute atomic E-state index is 12.4. The third-order valence-corrected chi connectivity index (χ3v) is 3.62. The van der Waals surface area contributed by atoms with Crippen molar-refractivity contribution >= 4 is 11.6 Å². The largest absolute Gasteiger partial charge is 0.493 e. The number of rotatable bonds is 7. The molecule has 1 aromatic carbocycles. The van der Waals surface area contributed by atoms with Crippen molar-refractivity contribution in [1.29, 1.82) is 0 Å². The zero-order valence-corrected chi connectivity index (χ0v) is 14.0. The third-order valence-electron chi connectivity index (χ3n) is 3.62. The van der Waals surface area contributed by atoms with Crippen LogP contribution >= 0.6 is 0 Å². The number of hydrogen-bond donors (Lipinski definition) is 1. The molecule has 1 N–H and O–H groups in total. The Morgan fingerprint density at radius 1 is 1.14 bits per heavy atom. The van der Waals surface area contributed by atoms with E-state index in [1.807, 2.05) is 53.7 Å². The van der Waals surface area contributed by atoms with Crippen molar-refractivity contribution in [3.8, 4) is 5.75 Å². The highest BCUT2D eigenvalue weighted by atomic mass is 16.5. The van der Waals surface area contributed by atoms with Crippen LogP contribution in [-0.2, 0) is 9.53 Å². The summed E-state index contributed by atoms with van der Waals surface area (Å²) >= 11 is 0.